The van der Waals surface area contributed by atoms with E-state index in [1.807, 2.05) is 36.5 Å². The number of hydrogen-bond acceptors (Lipinski definition) is 5. The first-order chi connectivity index (χ1) is 15.6. The number of aromatic nitrogens is 1. The number of amides is 1. The van der Waals surface area contributed by atoms with Gasteiger partial charge in [0.2, 0.25) is 0 Å². The van der Waals surface area contributed by atoms with Gasteiger partial charge in [0, 0.05) is 36.0 Å². The molecule has 2 bridgehead atoms. The molecule has 5 rings (SSSR count). The first kappa shape index (κ1) is 20.2. The zero-order chi connectivity index (χ0) is 22.1. The Kier molecular flexibility index (Phi) is 5.34. The minimum absolute atomic E-state index is 0.237. The smallest absolute Gasteiger partial charge is 0.255 e. The summed E-state index contributed by atoms with van der Waals surface area (Å²) in [6.07, 6.45) is 7.04. The van der Waals surface area contributed by atoms with Crippen LogP contribution in [-0.2, 0) is 6.54 Å². The quantitative estimate of drug-likeness (QED) is 0.586. The van der Waals surface area contributed by atoms with Crippen molar-refractivity contribution in [2.24, 2.45) is 0 Å². The molecule has 1 amide bonds. The molecule has 6 heteroatoms. The Labute approximate surface area is 187 Å². The van der Waals surface area contributed by atoms with E-state index in [-0.39, 0.29) is 5.91 Å². The second-order valence-corrected chi connectivity index (χ2v) is 8.60. The van der Waals surface area contributed by atoms with Crippen molar-refractivity contribution in [3.05, 3.63) is 77.5 Å². The van der Waals surface area contributed by atoms with Crippen LogP contribution in [0.1, 0.15) is 47.2 Å². The van der Waals surface area contributed by atoms with E-state index in [9.17, 15) is 10.1 Å². The second kappa shape index (κ2) is 8.45. The summed E-state index contributed by atoms with van der Waals surface area (Å²) in [6.45, 7) is 0.860. The normalized spacial score (nSPS) is 19.6. The van der Waals surface area contributed by atoms with Gasteiger partial charge in [-0.3, -0.25) is 14.7 Å². The van der Waals surface area contributed by atoms with Crippen LogP contribution >= 0.6 is 0 Å². The number of nitriles is 1. The minimum atomic E-state index is -0.237. The molecule has 6 nitrogen and oxygen atoms in total. The summed E-state index contributed by atoms with van der Waals surface area (Å²) in [5.41, 5.74) is 10.6. The van der Waals surface area contributed by atoms with Crippen molar-refractivity contribution in [3.8, 4) is 17.3 Å². The lowest BCUT2D eigenvalue weighted by Gasteiger charge is -2.21. The lowest BCUT2D eigenvalue weighted by Crippen LogP contribution is -2.27. The molecule has 32 heavy (non-hydrogen) atoms. The molecule has 0 unspecified atom stereocenters. The SMILES string of the molecule is N#Cc1cc(CN2C3CCC2CC3)cnc1-c1ccc(C(=O)Nc2ccccc2N)cc1. The Morgan fingerprint density at radius 1 is 1.09 bits per heavy atom. The molecule has 0 spiro atoms. The van der Waals surface area contributed by atoms with Gasteiger partial charge in [-0.1, -0.05) is 24.3 Å². The Hall–Kier alpha value is -3.69. The summed E-state index contributed by atoms with van der Waals surface area (Å²) in [5, 5.41) is 12.6. The number of benzene rings is 2. The average Bonchev–Trinajstić information content (AvgIpc) is 3.39. The number of hydrogen-bond donors (Lipinski definition) is 2. The van der Waals surface area contributed by atoms with E-state index in [2.05, 4.69) is 21.3 Å². The Bertz CT molecular complexity index is 1180. The molecule has 3 aromatic rings. The predicted molar refractivity (Wildman–Crippen MR) is 125 cm³/mol. The number of nitrogens with zero attached hydrogens (tertiary/aromatic N) is 3. The number of fused-ring (bicyclic) bond motifs is 2. The largest absolute Gasteiger partial charge is 0.397 e. The number of carbonyl (C=O) groups is 1. The summed E-state index contributed by atoms with van der Waals surface area (Å²) < 4.78 is 0. The molecule has 2 aliphatic heterocycles. The third kappa shape index (κ3) is 3.83. The van der Waals surface area contributed by atoms with E-state index in [1.54, 1.807) is 24.3 Å². The van der Waals surface area contributed by atoms with Gasteiger partial charge in [0.15, 0.2) is 0 Å². The summed E-state index contributed by atoms with van der Waals surface area (Å²) in [6, 6.07) is 19.9. The molecule has 160 valence electrons. The number of anilines is 2. The fraction of sp³-hybridized carbons (Fsp3) is 0.269. The Balaban J connectivity index is 1.32. The maximum absolute atomic E-state index is 12.6. The standard InChI is InChI=1S/C26H25N5O/c27-14-20-13-17(16-31-21-9-10-22(31)12-11-21)15-29-25(20)18-5-7-19(8-6-18)26(32)30-24-4-2-1-3-23(24)28/h1-8,13,15,21-22H,9-12,16,28H2,(H,30,32). The molecule has 3 N–H and O–H groups in total. The van der Waals surface area contributed by atoms with Crippen molar-refractivity contribution in [3.63, 3.8) is 0 Å². The number of rotatable bonds is 5. The molecule has 0 saturated carbocycles. The van der Waals surface area contributed by atoms with Crippen molar-refractivity contribution in [1.29, 1.82) is 5.26 Å². The van der Waals surface area contributed by atoms with E-state index >= 15 is 0 Å². The van der Waals surface area contributed by atoms with Gasteiger partial charge in [0.05, 0.1) is 22.6 Å². The van der Waals surface area contributed by atoms with Crippen molar-refractivity contribution in [2.75, 3.05) is 11.1 Å². The number of pyridine rings is 1. The van der Waals surface area contributed by atoms with Crippen molar-refractivity contribution >= 4 is 17.3 Å². The predicted octanol–water partition coefficient (Wildman–Crippen LogP) is 4.58. The van der Waals surface area contributed by atoms with Crippen molar-refractivity contribution in [1.82, 2.24) is 9.88 Å². The van der Waals surface area contributed by atoms with E-state index in [0.717, 1.165) is 17.7 Å². The van der Waals surface area contributed by atoms with Crippen LogP contribution in [0.2, 0.25) is 0 Å². The zero-order valence-electron chi connectivity index (χ0n) is 17.8. The zero-order valence-corrected chi connectivity index (χ0v) is 17.8. The number of nitrogens with one attached hydrogen (secondary N) is 1. The third-order valence-corrected chi connectivity index (χ3v) is 6.66. The fourth-order valence-electron chi connectivity index (χ4n) is 4.98. The molecular formula is C26H25N5O. The Morgan fingerprint density at radius 3 is 2.44 bits per heavy atom. The molecule has 2 fully saturated rings. The monoisotopic (exact) mass is 423 g/mol. The van der Waals surface area contributed by atoms with E-state index < -0.39 is 0 Å². The Morgan fingerprint density at radius 2 is 1.78 bits per heavy atom. The van der Waals surface area contributed by atoms with Crippen LogP contribution in [0.3, 0.4) is 0 Å². The number of nitrogen functional groups attached to an aromatic ring is 1. The van der Waals surface area contributed by atoms with Crippen LogP contribution in [0.4, 0.5) is 11.4 Å². The van der Waals surface area contributed by atoms with Gasteiger partial charge in [-0.25, -0.2) is 0 Å². The van der Waals surface area contributed by atoms with Gasteiger partial charge in [0.25, 0.3) is 5.91 Å². The first-order valence-electron chi connectivity index (χ1n) is 11.0. The van der Waals surface area contributed by atoms with Crippen LogP contribution in [0.5, 0.6) is 0 Å². The highest BCUT2D eigenvalue weighted by atomic mass is 16.1. The lowest BCUT2D eigenvalue weighted by atomic mass is 10.0. The molecule has 2 aliphatic rings. The van der Waals surface area contributed by atoms with Crippen molar-refractivity contribution in [2.45, 2.75) is 44.3 Å². The van der Waals surface area contributed by atoms with Crippen LogP contribution in [0.15, 0.2) is 60.8 Å². The summed E-state index contributed by atoms with van der Waals surface area (Å²) in [5.74, 6) is -0.237. The summed E-state index contributed by atoms with van der Waals surface area (Å²) >= 11 is 0. The fourth-order valence-corrected chi connectivity index (χ4v) is 4.98. The molecule has 0 radical (unpaired) electrons. The maximum atomic E-state index is 12.6. The highest BCUT2D eigenvalue weighted by Gasteiger charge is 2.38. The molecule has 0 aliphatic carbocycles. The van der Waals surface area contributed by atoms with Gasteiger partial charge in [0.1, 0.15) is 6.07 Å². The van der Waals surface area contributed by atoms with Gasteiger partial charge >= 0.3 is 0 Å². The molecule has 3 heterocycles. The second-order valence-electron chi connectivity index (χ2n) is 8.60. The average molecular weight is 424 g/mol. The molecule has 1 aromatic heterocycles. The van der Waals surface area contributed by atoms with Crippen LogP contribution in [0, 0.1) is 11.3 Å². The van der Waals surface area contributed by atoms with Crippen LogP contribution in [0.25, 0.3) is 11.3 Å². The van der Waals surface area contributed by atoms with Gasteiger partial charge < -0.3 is 11.1 Å². The van der Waals surface area contributed by atoms with E-state index in [1.165, 1.54) is 25.7 Å². The van der Waals surface area contributed by atoms with Gasteiger partial charge in [-0.15, -0.1) is 0 Å². The van der Waals surface area contributed by atoms with Gasteiger partial charge in [-0.2, -0.15) is 5.26 Å². The first-order valence-corrected chi connectivity index (χ1v) is 11.0. The molecule has 0 atom stereocenters. The van der Waals surface area contributed by atoms with E-state index in [4.69, 9.17) is 5.73 Å². The maximum Gasteiger partial charge on any atom is 0.255 e. The molecular weight excluding hydrogens is 398 g/mol. The summed E-state index contributed by atoms with van der Waals surface area (Å²) in [4.78, 5) is 19.8. The molecule has 2 saturated heterocycles. The topological polar surface area (TPSA) is 95.0 Å². The van der Waals surface area contributed by atoms with Crippen LogP contribution in [-0.4, -0.2) is 27.9 Å². The van der Waals surface area contributed by atoms with Gasteiger partial charge in [-0.05, 0) is 61.6 Å². The minimum Gasteiger partial charge on any atom is -0.397 e. The number of para-hydroxylation sites is 2. The third-order valence-electron chi connectivity index (χ3n) is 6.66. The number of carbonyl (C=O) groups excluding carboxylic acids is 1. The highest BCUT2D eigenvalue weighted by Crippen LogP contribution is 2.38. The van der Waals surface area contributed by atoms with E-state index in [0.29, 0.717) is 40.3 Å². The van der Waals surface area contributed by atoms with Crippen molar-refractivity contribution < 1.29 is 4.79 Å². The summed E-state index contributed by atoms with van der Waals surface area (Å²) in [7, 11) is 0. The lowest BCUT2D eigenvalue weighted by molar-refractivity contribution is 0.102. The highest BCUT2D eigenvalue weighted by molar-refractivity contribution is 6.05. The van der Waals surface area contributed by atoms with Crippen LogP contribution < -0.4 is 11.1 Å². The number of nitrogens with two attached hydrogens (primary N) is 1. The molecule has 2 aromatic carbocycles.